The summed E-state index contributed by atoms with van der Waals surface area (Å²) in [4.78, 5) is 11.1. The van der Waals surface area contributed by atoms with Crippen molar-refractivity contribution in [3.8, 4) is 0 Å². The average molecular weight is 550 g/mol. The lowest BCUT2D eigenvalue weighted by Gasteiger charge is -2.64. The van der Waals surface area contributed by atoms with Crippen molar-refractivity contribution >= 4 is 29.0 Å². The van der Waals surface area contributed by atoms with Crippen molar-refractivity contribution in [3.63, 3.8) is 0 Å². The van der Waals surface area contributed by atoms with E-state index in [-0.39, 0.29) is 58.9 Å². The quantitative estimate of drug-likeness (QED) is 0.388. The summed E-state index contributed by atoms with van der Waals surface area (Å²) in [5.74, 6) is 0.447. The van der Waals surface area contributed by atoms with E-state index in [1.165, 1.54) is 0 Å². The molecule has 0 aromatic heterocycles. The van der Waals surface area contributed by atoms with E-state index in [4.69, 9.17) is 8.17 Å². The molecule has 4 aliphatic carbocycles. The SMILES string of the molecule is C[C@H](CCC(=O)O)[C@H]1CCC2C3C(O)C[C@@H]4C[C@H](O)CC(OI)[C@]4(C)C3C[C@H](O)[C@@]21C. The van der Waals surface area contributed by atoms with Crippen molar-refractivity contribution in [3.05, 3.63) is 0 Å². The van der Waals surface area contributed by atoms with Crippen molar-refractivity contribution in [2.75, 3.05) is 0 Å². The fourth-order valence-electron chi connectivity index (χ4n) is 8.86. The fraction of sp³-hybridized carbons (Fsp3) is 0.958. The highest BCUT2D eigenvalue weighted by molar-refractivity contribution is 14.1. The molecule has 4 N–H and O–H groups in total. The van der Waals surface area contributed by atoms with E-state index in [0.29, 0.717) is 32.1 Å². The van der Waals surface area contributed by atoms with Crippen LogP contribution in [0.1, 0.15) is 72.1 Å². The standard InChI is InChI=1S/C24H39IO6/c1-12(4-7-21(29)30)15-5-6-16-22-17(11-19(28)24(15,16)3)23(2)13(9-18(22)27)8-14(26)10-20(23)31-25/h12-20,22,26-28H,4-11H2,1-3H3,(H,29,30)/t12-,13+,14+,15-,16?,17?,18?,19+,20?,22?,23+,24-/m1/s1. The Morgan fingerprint density at radius 2 is 1.77 bits per heavy atom. The molecule has 4 aliphatic rings. The Labute approximate surface area is 199 Å². The van der Waals surface area contributed by atoms with Gasteiger partial charge in [0.25, 0.3) is 0 Å². The first-order valence-corrected chi connectivity index (χ1v) is 13.0. The van der Waals surface area contributed by atoms with E-state index in [0.717, 1.165) is 12.8 Å². The van der Waals surface area contributed by atoms with Gasteiger partial charge in [-0.2, -0.15) is 0 Å². The monoisotopic (exact) mass is 550 g/mol. The second-order valence-corrected chi connectivity index (χ2v) is 12.1. The largest absolute Gasteiger partial charge is 0.481 e. The van der Waals surface area contributed by atoms with Crippen LogP contribution in [0, 0.1) is 46.3 Å². The molecule has 0 bridgehead atoms. The van der Waals surface area contributed by atoms with Gasteiger partial charge in [-0.15, -0.1) is 0 Å². The number of aliphatic carboxylic acids is 1. The normalized spacial score (nSPS) is 52.7. The summed E-state index contributed by atoms with van der Waals surface area (Å²) in [6.45, 7) is 6.61. The molecular weight excluding hydrogens is 511 g/mol. The first kappa shape index (κ1) is 24.2. The molecular formula is C24H39IO6. The topological polar surface area (TPSA) is 107 Å². The molecule has 0 aromatic carbocycles. The number of aliphatic hydroxyl groups excluding tert-OH is 3. The highest BCUT2D eigenvalue weighted by Crippen LogP contribution is 2.68. The van der Waals surface area contributed by atoms with Crippen molar-refractivity contribution < 1.29 is 28.3 Å². The average Bonchev–Trinajstić information content (AvgIpc) is 3.06. The minimum Gasteiger partial charge on any atom is -0.481 e. The molecule has 0 spiro atoms. The summed E-state index contributed by atoms with van der Waals surface area (Å²) in [5, 5.41) is 42.5. The van der Waals surface area contributed by atoms with E-state index in [1.54, 1.807) is 0 Å². The number of hydrogen-bond acceptors (Lipinski definition) is 5. The zero-order valence-corrected chi connectivity index (χ0v) is 21.1. The third-order valence-corrected chi connectivity index (χ3v) is 11.1. The molecule has 0 aliphatic heterocycles. The second kappa shape index (κ2) is 8.67. The first-order chi connectivity index (χ1) is 14.5. The summed E-state index contributed by atoms with van der Waals surface area (Å²) in [6.07, 6.45) is 4.04. The summed E-state index contributed by atoms with van der Waals surface area (Å²) >= 11 is 1.97. The molecule has 31 heavy (non-hydrogen) atoms. The number of halogens is 1. The van der Waals surface area contributed by atoms with Gasteiger partial charge in [0.05, 0.1) is 24.4 Å². The Bertz CT molecular complexity index is 689. The summed E-state index contributed by atoms with van der Waals surface area (Å²) in [7, 11) is 0. The van der Waals surface area contributed by atoms with Gasteiger partial charge in [0.2, 0.25) is 0 Å². The van der Waals surface area contributed by atoms with E-state index in [2.05, 4.69) is 20.8 Å². The molecule has 4 saturated carbocycles. The van der Waals surface area contributed by atoms with Crippen LogP contribution in [-0.2, 0) is 7.86 Å². The lowest BCUT2D eigenvalue weighted by atomic mass is 9.42. The number of carboxylic acids is 1. The fourth-order valence-corrected chi connectivity index (χ4v) is 9.61. The third kappa shape index (κ3) is 3.69. The summed E-state index contributed by atoms with van der Waals surface area (Å²) in [6, 6.07) is 0. The van der Waals surface area contributed by atoms with E-state index in [9.17, 15) is 20.1 Å². The van der Waals surface area contributed by atoms with E-state index in [1.807, 2.05) is 23.0 Å². The van der Waals surface area contributed by atoms with Crippen LogP contribution in [-0.4, -0.2) is 50.8 Å². The number of aliphatic hydroxyl groups is 3. The molecule has 0 amide bonds. The van der Waals surface area contributed by atoms with Crippen molar-refractivity contribution in [1.82, 2.24) is 0 Å². The van der Waals surface area contributed by atoms with Gasteiger partial charge in [0.15, 0.2) is 0 Å². The Morgan fingerprint density at radius 3 is 2.42 bits per heavy atom. The predicted molar refractivity (Wildman–Crippen MR) is 124 cm³/mol. The maximum Gasteiger partial charge on any atom is 0.303 e. The van der Waals surface area contributed by atoms with Gasteiger partial charge in [-0.3, -0.25) is 4.79 Å². The van der Waals surface area contributed by atoms with Crippen molar-refractivity contribution in [2.24, 2.45) is 46.3 Å². The Hall–Kier alpha value is 0.0400. The molecule has 178 valence electrons. The van der Waals surface area contributed by atoms with Gasteiger partial charge < -0.3 is 23.5 Å². The van der Waals surface area contributed by atoms with Gasteiger partial charge in [-0.1, -0.05) is 20.8 Å². The van der Waals surface area contributed by atoms with Crippen molar-refractivity contribution in [2.45, 2.75) is 96.6 Å². The van der Waals surface area contributed by atoms with Crippen LogP contribution < -0.4 is 0 Å². The molecule has 5 unspecified atom stereocenters. The lowest BCUT2D eigenvalue weighted by Crippen LogP contribution is -2.65. The van der Waals surface area contributed by atoms with Crippen LogP contribution in [0.5, 0.6) is 0 Å². The van der Waals surface area contributed by atoms with Crippen LogP contribution in [0.4, 0.5) is 0 Å². The molecule has 4 rings (SSSR count). The highest BCUT2D eigenvalue weighted by atomic mass is 127. The van der Waals surface area contributed by atoms with Gasteiger partial charge in [-0.25, -0.2) is 0 Å². The zero-order valence-electron chi connectivity index (χ0n) is 18.9. The minimum atomic E-state index is -0.762. The predicted octanol–water partition coefficient (Wildman–Crippen LogP) is 3.79. The molecule has 0 radical (unpaired) electrons. The Balaban J connectivity index is 1.65. The number of carbonyl (C=O) groups is 1. The van der Waals surface area contributed by atoms with Gasteiger partial charge in [0.1, 0.15) is 23.0 Å². The molecule has 7 heteroatoms. The number of rotatable bonds is 5. The Morgan fingerprint density at radius 1 is 1.06 bits per heavy atom. The second-order valence-electron chi connectivity index (χ2n) is 11.6. The lowest BCUT2D eigenvalue weighted by molar-refractivity contribution is -0.226. The smallest absolute Gasteiger partial charge is 0.303 e. The van der Waals surface area contributed by atoms with Crippen LogP contribution in [0.15, 0.2) is 0 Å². The number of fused-ring (bicyclic) bond motifs is 5. The number of hydrogen-bond donors (Lipinski definition) is 4. The maximum atomic E-state index is 11.6. The Kier molecular flexibility index (Phi) is 6.76. The molecule has 0 aromatic rings. The van der Waals surface area contributed by atoms with Crippen LogP contribution in [0.2, 0.25) is 0 Å². The molecule has 12 atom stereocenters. The minimum absolute atomic E-state index is 0.0786. The third-order valence-electron chi connectivity index (χ3n) is 10.5. The number of carboxylic acid groups (broad SMARTS) is 1. The molecule has 0 heterocycles. The van der Waals surface area contributed by atoms with E-state index >= 15 is 0 Å². The summed E-state index contributed by atoms with van der Waals surface area (Å²) in [5.41, 5.74) is -0.461. The van der Waals surface area contributed by atoms with Gasteiger partial charge in [0, 0.05) is 18.3 Å². The molecule has 0 saturated heterocycles. The highest BCUT2D eigenvalue weighted by Gasteiger charge is 2.67. The summed E-state index contributed by atoms with van der Waals surface area (Å²) < 4.78 is 5.89. The van der Waals surface area contributed by atoms with Crippen LogP contribution >= 0.6 is 23.0 Å². The van der Waals surface area contributed by atoms with E-state index < -0.39 is 24.3 Å². The molecule has 4 fully saturated rings. The first-order valence-electron chi connectivity index (χ1n) is 12.1. The zero-order chi connectivity index (χ0) is 22.7. The van der Waals surface area contributed by atoms with Gasteiger partial charge >= 0.3 is 5.97 Å². The van der Waals surface area contributed by atoms with Crippen LogP contribution in [0.3, 0.4) is 0 Å². The van der Waals surface area contributed by atoms with Crippen molar-refractivity contribution in [1.29, 1.82) is 0 Å². The van der Waals surface area contributed by atoms with Crippen LogP contribution in [0.25, 0.3) is 0 Å². The maximum absolute atomic E-state index is 11.6. The molecule has 6 nitrogen and oxygen atoms in total. The van der Waals surface area contributed by atoms with Gasteiger partial charge in [-0.05, 0) is 79.4 Å².